The molecule has 2 aliphatic heterocycles. The van der Waals surface area contributed by atoms with Gasteiger partial charge < -0.3 is 9.88 Å². The molecule has 5 rings (SSSR count). The van der Waals surface area contributed by atoms with Gasteiger partial charge in [-0.05, 0) is 52.0 Å². The quantitative estimate of drug-likeness (QED) is 0.847. The van der Waals surface area contributed by atoms with Crippen molar-refractivity contribution >= 4 is 23.4 Å². The van der Waals surface area contributed by atoms with Gasteiger partial charge in [0.2, 0.25) is 0 Å². The first-order valence-electron chi connectivity index (χ1n) is 10.8. The molecule has 0 amide bonds. The van der Waals surface area contributed by atoms with Crippen molar-refractivity contribution in [3.8, 4) is 11.3 Å². The van der Waals surface area contributed by atoms with E-state index in [9.17, 15) is 0 Å². The van der Waals surface area contributed by atoms with Crippen molar-refractivity contribution < 1.29 is 0 Å². The van der Waals surface area contributed by atoms with Gasteiger partial charge in [0.05, 0.1) is 10.7 Å². The van der Waals surface area contributed by atoms with Gasteiger partial charge in [0, 0.05) is 67.1 Å². The Kier molecular flexibility index (Phi) is 5.11. The van der Waals surface area contributed by atoms with E-state index in [4.69, 9.17) is 9.98 Å². The van der Waals surface area contributed by atoms with Gasteiger partial charge in [0.1, 0.15) is 5.82 Å². The molecule has 0 radical (unpaired) electrons. The van der Waals surface area contributed by atoms with Crippen LogP contribution < -0.4 is 0 Å². The number of thiazole rings is 1. The fraction of sp³-hybridized carbons (Fsp3) is 0.636. The molecule has 2 fully saturated rings. The Hall–Kier alpha value is -1.50. The number of fused-ring (bicyclic) bond motifs is 1. The number of hydrogen-bond acceptors (Lipinski definition) is 5. The summed E-state index contributed by atoms with van der Waals surface area (Å²) in [7, 11) is 2.24. The molecule has 1 unspecified atom stereocenters. The minimum atomic E-state index is 0.579. The number of rotatable bonds is 3. The second-order valence-electron chi connectivity index (χ2n) is 8.84. The van der Waals surface area contributed by atoms with Crippen LogP contribution in [0.25, 0.3) is 11.3 Å². The third kappa shape index (κ3) is 3.58. The predicted molar refractivity (Wildman–Crippen MR) is 117 cm³/mol. The molecule has 1 aliphatic carbocycles. The number of aromatic nitrogens is 2. The first-order chi connectivity index (χ1) is 13.7. The average molecular weight is 398 g/mol. The van der Waals surface area contributed by atoms with E-state index in [1.54, 1.807) is 11.3 Å². The van der Waals surface area contributed by atoms with E-state index in [-0.39, 0.29) is 0 Å². The molecule has 3 aliphatic rings. The number of nitrogens with one attached hydrogen (secondary N) is 1. The van der Waals surface area contributed by atoms with E-state index in [1.807, 2.05) is 0 Å². The van der Waals surface area contributed by atoms with Crippen molar-refractivity contribution in [2.45, 2.75) is 45.1 Å². The SMILES string of the molecule is Cc1nc(-c2c[nH]c3c2CC(C2CCC(N4CCN(C)CC4)CC2)C=N3)cs1. The molecule has 0 spiro atoms. The van der Waals surface area contributed by atoms with Crippen LogP contribution in [-0.4, -0.2) is 65.3 Å². The minimum absolute atomic E-state index is 0.579. The van der Waals surface area contributed by atoms with Crippen LogP contribution in [0.2, 0.25) is 0 Å². The number of aromatic amines is 1. The highest BCUT2D eigenvalue weighted by Gasteiger charge is 2.33. The summed E-state index contributed by atoms with van der Waals surface area (Å²) in [5.41, 5.74) is 3.74. The number of nitrogens with zero attached hydrogens (tertiary/aromatic N) is 4. The van der Waals surface area contributed by atoms with Crippen molar-refractivity contribution in [3.63, 3.8) is 0 Å². The zero-order valence-electron chi connectivity index (χ0n) is 17.0. The smallest absolute Gasteiger partial charge is 0.133 e. The second-order valence-corrected chi connectivity index (χ2v) is 9.90. The summed E-state index contributed by atoms with van der Waals surface area (Å²) in [4.78, 5) is 18.1. The van der Waals surface area contributed by atoms with Crippen LogP contribution in [0.5, 0.6) is 0 Å². The van der Waals surface area contributed by atoms with Gasteiger partial charge in [-0.15, -0.1) is 11.3 Å². The lowest BCUT2D eigenvalue weighted by atomic mass is 9.75. The highest BCUT2D eigenvalue weighted by atomic mass is 32.1. The lowest BCUT2D eigenvalue weighted by Crippen LogP contribution is -2.50. The van der Waals surface area contributed by atoms with E-state index >= 15 is 0 Å². The van der Waals surface area contributed by atoms with Crippen LogP contribution in [0.1, 0.15) is 36.3 Å². The molecule has 1 saturated heterocycles. The van der Waals surface area contributed by atoms with Crippen LogP contribution in [0.4, 0.5) is 5.82 Å². The van der Waals surface area contributed by atoms with E-state index in [0.717, 1.165) is 34.9 Å². The third-order valence-corrected chi connectivity index (χ3v) is 7.87. The van der Waals surface area contributed by atoms with Crippen molar-refractivity contribution in [1.29, 1.82) is 0 Å². The van der Waals surface area contributed by atoms with Crippen molar-refractivity contribution in [3.05, 3.63) is 22.1 Å². The van der Waals surface area contributed by atoms with E-state index < -0.39 is 0 Å². The molecule has 0 aromatic carbocycles. The summed E-state index contributed by atoms with van der Waals surface area (Å²) < 4.78 is 0. The van der Waals surface area contributed by atoms with E-state index in [0.29, 0.717) is 5.92 Å². The number of aryl methyl sites for hydroxylation is 1. The van der Waals surface area contributed by atoms with Crippen molar-refractivity contribution in [2.75, 3.05) is 33.2 Å². The normalized spacial score (nSPS) is 29.1. The van der Waals surface area contributed by atoms with Crippen molar-refractivity contribution in [2.24, 2.45) is 16.8 Å². The fourth-order valence-corrected chi connectivity index (χ4v) is 5.92. The zero-order chi connectivity index (χ0) is 19.1. The lowest BCUT2D eigenvalue weighted by Gasteiger charge is -2.42. The van der Waals surface area contributed by atoms with Gasteiger partial charge >= 0.3 is 0 Å². The molecule has 6 heteroatoms. The third-order valence-electron chi connectivity index (χ3n) is 7.10. The molecule has 1 N–H and O–H groups in total. The molecule has 150 valence electrons. The topological polar surface area (TPSA) is 47.5 Å². The molecule has 2 aromatic rings. The number of aliphatic imine (C=N–C) groups is 1. The maximum Gasteiger partial charge on any atom is 0.133 e. The zero-order valence-corrected chi connectivity index (χ0v) is 17.8. The fourth-order valence-electron chi connectivity index (χ4n) is 5.31. The minimum Gasteiger partial charge on any atom is -0.346 e. The Bertz CT molecular complexity index is 837. The number of H-pyrrole nitrogens is 1. The largest absolute Gasteiger partial charge is 0.346 e. The summed E-state index contributed by atoms with van der Waals surface area (Å²) in [5.74, 6) is 2.40. The molecule has 28 heavy (non-hydrogen) atoms. The van der Waals surface area contributed by atoms with Crippen LogP contribution in [0.15, 0.2) is 16.6 Å². The first-order valence-corrected chi connectivity index (χ1v) is 11.6. The Morgan fingerprint density at radius 2 is 1.89 bits per heavy atom. The van der Waals surface area contributed by atoms with E-state index in [1.165, 1.54) is 63.0 Å². The highest BCUT2D eigenvalue weighted by Crippen LogP contribution is 2.40. The summed E-state index contributed by atoms with van der Waals surface area (Å²) in [6.45, 7) is 7.03. The van der Waals surface area contributed by atoms with Gasteiger partial charge in [-0.25, -0.2) is 9.98 Å². The molecule has 1 atom stereocenters. The van der Waals surface area contributed by atoms with Gasteiger partial charge in [-0.1, -0.05) is 0 Å². The molecule has 2 aromatic heterocycles. The monoisotopic (exact) mass is 397 g/mol. The van der Waals surface area contributed by atoms with Crippen LogP contribution in [-0.2, 0) is 6.42 Å². The Morgan fingerprint density at radius 3 is 2.61 bits per heavy atom. The van der Waals surface area contributed by atoms with Gasteiger partial charge in [-0.2, -0.15) is 0 Å². The summed E-state index contributed by atoms with van der Waals surface area (Å²) in [6, 6.07) is 0.807. The maximum atomic E-state index is 4.80. The molecular formula is C22H31N5S. The van der Waals surface area contributed by atoms with E-state index in [2.05, 4.69) is 46.5 Å². The van der Waals surface area contributed by atoms with Crippen LogP contribution >= 0.6 is 11.3 Å². The highest BCUT2D eigenvalue weighted by molar-refractivity contribution is 7.09. The Morgan fingerprint density at radius 1 is 1.11 bits per heavy atom. The van der Waals surface area contributed by atoms with Gasteiger partial charge in [-0.3, -0.25) is 4.90 Å². The maximum absolute atomic E-state index is 4.80. The molecule has 4 heterocycles. The Labute approximate surface area is 171 Å². The van der Waals surface area contributed by atoms with Crippen molar-refractivity contribution in [1.82, 2.24) is 19.8 Å². The lowest BCUT2D eigenvalue weighted by molar-refractivity contribution is 0.0772. The summed E-state index contributed by atoms with van der Waals surface area (Å²) in [5, 5.41) is 3.30. The molecule has 1 saturated carbocycles. The van der Waals surface area contributed by atoms with Gasteiger partial charge in [0.15, 0.2) is 0 Å². The number of likely N-dealkylation sites (N-methyl/N-ethyl adjacent to an activating group) is 1. The number of hydrogen-bond donors (Lipinski definition) is 1. The second kappa shape index (κ2) is 7.73. The first kappa shape index (κ1) is 18.5. The number of piperazine rings is 1. The summed E-state index contributed by atoms with van der Waals surface area (Å²) in [6.07, 6.45) is 10.8. The molecular weight excluding hydrogens is 366 g/mol. The Balaban J connectivity index is 1.23. The van der Waals surface area contributed by atoms with Gasteiger partial charge in [0.25, 0.3) is 0 Å². The summed E-state index contributed by atoms with van der Waals surface area (Å²) >= 11 is 1.72. The van der Waals surface area contributed by atoms with Crippen LogP contribution in [0.3, 0.4) is 0 Å². The molecule has 0 bridgehead atoms. The van der Waals surface area contributed by atoms with Crippen LogP contribution in [0, 0.1) is 18.8 Å². The standard InChI is InChI=1S/C22H31N5S/c1-15-25-21(14-28-15)20-13-24-22-19(20)11-17(12-23-22)16-3-5-18(6-4-16)27-9-7-26(2)8-10-27/h12-14,16-18,24H,3-11H2,1-2H3. The molecule has 5 nitrogen and oxygen atoms in total. The predicted octanol–water partition coefficient (Wildman–Crippen LogP) is 4.13. The average Bonchev–Trinajstić information content (AvgIpc) is 3.34.